The molecule has 8 nitrogen and oxygen atoms in total. The van der Waals surface area contributed by atoms with Gasteiger partial charge in [0.15, 0.2) is 0 Å². The molecule has 0 aliphatic carbocycles. The maximum atomic E-state index is 12.8. The summed E-state index contributed by atoms with van der Waals surface area (Å²) in [5.41, 5.74) is 1.81. The predicted octanol–water partition coefficient (Wildman–Crippen LogP) is 2.55. The van der Waals surface area contributed by atoms with Crippen LogP contribution in [-0.2, 0) is 21.3 Å². The van der Waals surface area contributed by atoms with Gasteiger partial charge in [-0.15, -0.1) is 0 Å². The molecule has 0 radical (unpaired) electrons. The third-order valence-corrected chi connectivity index (χ3v) is 6.85. The number of sulfonamides is 1. The number of benzene rings is 2. The first-order valence-electron chi connectivity index (χ1n) is 11.0. The van der Waals surface area contributed by atoms with Crippen LogP contribution in [0, 0.1) is 0 Å². The van der Waals surface area contributed by atoms with Crippen molar-refractivity contribution >= 4 is 21.8 Å². The predicted molar refractivity (Wildman–Crippen MR) is 125 cm³/mol. The third kappa shape index (κ3) is 6.63. The molecule has 0 spiro atoms. The topological polar surface area (TPSA) is 105 Å². The number of carbonyl (C=O) groups excluding carboxylic acids is 2. The lowest BCUT2D eigenvalue weighted by molar-refractivity contribution is -0.0586. The van der Waals surface area contributed by atoms with E-state index in [0.717, 1.165) is 5.56 Å². The Morgan fingerprint density at radius 2 is 1.52 bits per heavy atom. The SMILES string of the molecule is CC(C)NS(=O)(=O)c1ccc(C(=O)NCc2ccc(C(=O)N3CC(C)OC(C)C3)cc2)cc1. The Morgan fingerprint density at radius 1 is 0.970 bits per heavy atom. The van der Waals surface area contributed by atoms with Gasteiger partial charge in [0, 0.05) is 36.8 Å². The van der Waals surface area contributed by atoms with Crippen molar-refractivity contribution < 1.29 is 22.7 Å². The van der Waals surface area contributed by atoms with Crippen molar-refractivity contribution in [2.45, 2.75) is 57.4 Å². The molecule has 0 bridgehead atoms. The molecule has 0 aromatic heterocycles. The van der Waals surface area contributed by atoms with Gasteiger partial charge in [-0.3, -0.25) is 9.59 Å². The zero-order chi connectivity index (χ0) is 24.2. The van der Waals surface area contributed by atoms with E-state index in [1.807, 2.05) is 26.0 Å². The number of hydrogen-bond donors (Lipinski definition) is 2. The molecule has 2 aromatic rings. The third-order valence-electron chi connectivity index (χ3n) is 5.18. The van der Waals surface area contributed by atoms with E-state index in [1.165, 1.54) is 24.3 Å². The van der Waals surface area contributed by atoms with Gasteiger partial charge in [0.1, 0.15) is 0 Å². The number of nitrogens with zero attached hydrogens (tertiary/aromatic N) is 1. The van der Waals surface area contributed by atoms with Crippen LogP contribution in [0.4, 0.5) is 0 Å². The van der Waals surface area contributed by atoms with Crippen LogP contribution in [0.3, 0.4) is 0 Å². The van der Waals surface area contributed by atoms with Gasteiger partial charge < -0.3 is 15.0 Å². The number of rotatable bonds is 7. The van der Waals surface area contributed by atoms with Crippen molar-refractivity contribution in [3.05, 3.63) is 65.2 Å². The molecular formula is C24H31N3O5S. The Labute approximate surface area is 195 Å². The first-order valence-corrected chi connectivity index (χ1v) is 12.5. The van der Waals surface area contributed by atoms with Crippen molar-refractivity contribution in [2.24, 2.45) is 0 Å². The minimum Gasteiger partial charge on any atom is -0.372 e. The second kappa shape index (κ2) is 10.5. The molecule has 9 heteroatoms. The van der Waals surface area contributed by atoms with Gasteiger partial charge in [0.05, 0.1) is 17.1 Å². The number of nitrogens with one attached hydrogen (secondary N) is 2. The van der Waals surface area contributed by atoms with Crippen LogP contribution >= 0.6 is 0 Å². The molecule has 1 aliphatic rings. The van der Waals surface area contributed by atoms with Crippen molar-refractivity contribution in [3.63, 3.8) is 0 Å². The first kappa shape index (κ1) is 24.9. The van der Waals surface area contributed by atoms with Crippen molar-refractivity contribution in [1.29, 1.82) is 0 Å². The van der Waals surface area contributed by atoms with Crippen molar-refractivity contribution in [2.75, 3.05) is 13.1 Å². The molecule has 2 aromatic carbocycles. The Kier molecular flexibility index (Phi) is 7.88. The summed E-state index contributed by atoms with van der Waals surface area (Å²) in [5, 5.41) is 2.81. The number of carbonyl (C=O) groups is 2. The summed E-state index contributed by atoms with van der Waals surface area (Å²) in [7, 11) is -3.60. The fourth-order valence-electron chi connectivity index (χ4n) is 3.74. The minimum absolute atomic E-state index is 0.00725. The lowest BCUT2D eigenvalue weighted by Crippen LogP contribution is -2.48. The highest BCUT2D eigenvalue weighted by molar-refractivity contribution is 7.89. The van der Waals surface area contributed by atoms with E-state index in [1.54, 1.807) is 30.9 Å². The zero-order valence-electron chi connectivity index (χ0n) is 19.4. The quantitative estimate of drug-likeness (QED) is 0.643. The molecule has 2 atom stereocenters. The maximum Gasteiger partial charge on any atom is 0.254 e. The molecule has 178 valence electrons. The van der Waals surface area contributed by atoms with Crippen LogP contribution in [0.5, 0.6) is 0 Å². The monoisotopic (exact) mass is 473 g/mol. The molecule has 33 heavy (non-hydrogen) atoms. The lowest BCUT2D eigenvalue weighted by Gasteiger charge is -2.35. The highest BCUT2D eigenvalue weighted by atomic mass is 32.2. The Hall–Kier alpha value is -2.75. The second-order valence-electron chi connectivity index (χ2n) is 8.65. The van der Waals surface area contributed by atoms with E-state index in [4.69, 9.17) is 4.74 Å². The molecular weight excluding hydrogens is 442 g/mol. The zero-order valence-corrected chi connectivity index (χ0v) is 20.2. The molecule has 2 amide bonds. The van der Waals surface area contributed by atoms with Crippen LogP contribution in [0.25, 0.3) is 0 Å². The number of amides is 2. The molecule has 1 aliphatic heterocycles. The highest BCUT2D eigenvalue weighted by Gasteiger charge is 2.26. The van der Waals surface area contributed by atoms with E-state index < -0.39 is 10.0 Å². The summed E-state index contributed by atoms with van der Waals surface area (Å²) >= 11 is 0. The highest BCUT2D eigenvalue weighted by Crippen LogP contribution is 2.15. The molecule has 2 unspecified atom stereocenters. The van der Waals surface area contributed by atoms with Crippen LogP contribution in [0.1, 0.15) is 54.0 Å². The smallest absolute Gasteiger partial charge is 0.254 e. The van der Waals surface area contributed by atoms with Crippen LogP contribution < -0.4 is 10.0 Å². The van der Waals surface area contributed by atoms with Gasteiger partial charge in [0.25, 0.3) is 11.8 Å². The average Bonchev–Trinajstić information content (AvgIpc) is 2.76. The molecule has 3 rings (SSSR count). The lowest BCUT2D eigenvalue weighted by atomic mass is 10.1. The molecule has 0 saturated carbocycles. The summed E-state index contributed by atoms with van der Waals surface area (Å²) in [4.78, 5) is 27.1. The largest absolute Gasteiger partial charge is 0.372 e. The summed E-state index contributed by atoms with van der Waals surface area (Å²) in [6.07, 6.45) is 0.0145. The second-order valence-corrected chi connectivity index (χ2v) is 10.4. The summed E-state index contributed by atoms with van der Waals surface area (Å²) in [6.45, 7) is 8.81. The van der Waals surface area contributed by atoms with Crippen molar-refractivity contribution in [1.82, 2.24) is 14.9 Å². The van der Waals surface area contributed by atoms with Gasteiger partial charge in [-0.2, -0.15) is 0 Å². The molecule has 1 heterocycles. The fraction of sp³-hybridized carbons (Fsp3) is 0.417. The normalized spacial score (nSPS) is 18.9. The van der Waals surface area contributed by atoms with E-state index in [2.05, 4.69) is 10.0 Å². The average molecular weight is 474 g/mol. The number of hydrogen-bond acceptors (Lipinski definition) is 5. The van der Waals surface area contributed by atoms with E-state index in [9.17, 15) is 18.0 Å². The van der Waals surface area contributed by atoms with Crippen LogP contribution in [0.2, 0.25) is 0 Å². The summed E-state index contributed by atoms with van der Waals surface area (Å²) < 4.78 is 32.6. The standard InChI is InChI=1S/C24H31N3O5S/c1-16(2)26-33(30,31)22-11-9-20(10-12-22)23(28)25-13-19-5-7-21(8-6-19)24(29)27-14-17(3)32-18(4)15-27/h5-12,16-18,26H,13-15H2,1-4H3,(H,25,28). The van der Waals surface area contributed by atoms with Gasteiger partial charge in [-0.1, -0.05) is 12.1 Å². The van der Waals surface area contributed by atoms with E-state index in [0.29, 0.717) is 24.2 Å². The Balaban J connectivity index is 1.57. The number of ether oxygens (including phenoxy) is 1. The number of morpholine rings is 1. The van der Waals surface area contributed by atoms with Crippen molar-refractivity contribution in [3.8, 4) is 0 Å². The maximum absolute atomic E-state index is 12.8. The Morgan fingerprint density at radius 3 is 2.06 bits per heavy atom. The summed E-state index contributed by atoms with van der Waals surface area (Å²) in [5.74, 6) is -0.346. The van der Waals surface area contributed by atoms with Gasteiger partial charge in [-0.25, -0.2) is 13.1 Å². The van der Waals surface area contributed by atoms with E-state index >= 15 is 0 Å². The first-order chi connectivity index (χ1) is 15.5. The van der Waals surface area contributed by atoms with Crippen LogP contribution in [-0.4, -0.2) is 56.5 Å². The molecule has 1 fully saturated rings. The molecule has 1 saturated heterocycles. The molecule has 2 N–H and O–H groups in total. The van der Waals surface area contributed by atoms with Gasteiger partial charge in [-0.05, 0) is 69.7 Å². The van der Waals surface area contributed by atoms with Gasteiger partial charge >= 0.3 is 0 Å². The van der Waals surface area contributed by atoms with E-state index in [-0.39, 0.29) is 41.5 Å². The fourth-order valence-corrected chi connectivity index (χ4v) is 4.99. The minimum atomic E-state index is -3.60. The Bertz CT molecular complexity index is 1070. The summed E-state index contributed by atoms with van der Waals surface area (Å²) in [6, 6.07) is 12.7. The van der Waals surface area contributed by atoms with Gasteiger partial charge in [0.2, 0.25) is 10.0 Å². The van der Waals surface area contributed by atoms with Crippen LogP contribution in [0.15, 0.2) is 53.4 Å².